The molecule has 37 nitrogen and oxygen atoms in total. The van der Waals surface area contributed by atoms with E-state index in [1.807, 2.05) is 156 Å². The molecule has 22 rings (SSSR count). The number of thiophene rings is 5. The number of carbonyl (C=O) groups is 9. The normalized spacial score (nSPS) is 23.5. The van der Waals surface area contributed by atoms with Gasteiger partial charge >= 0.3 is 6.09 Å². The predicted molar refractivity (Wildman–Crippen MR) is 547 cm³/mol. The van der Waals surface area contributed by atoms with Crippen LogP contribution in [0.2, 0.25) is 0 Å². The van der Waals surface area contributed by atoms with Gasteiger partial charge in [-0.1, -0.05) is 91.0 Å². The number of halogens is 1. The molecule has 43 heteroatoms. The Bertz CT molecular complexity index is 7470. The third kappa shape index (κ3) is 18.2. The Morgan fingerprint density at radius 2 is 0.774 bits per heavy atom. The van der Waals surface area contributed by atoms with Crippen molar-refractivity contribution in [2.75, 3.05) is 101 Å². The first kappa shape index (κ1) is 99.3. The van der Waals surface area contributed by atoms with Gasteiger partial charge in [0, 0.05) is 120 Å². The minimum Gasteiger partial charge on any atom is -0.445 e. The molecule has 0 radical (unpaired) electrons. The number of nitriles is 4. The van der Waals surface area contributed by atoms with Crippen molar-refractivity contribution in [2.45, 2.75) is 41.2 Å². The molecule has 5 saturated heterocycles. The highest BCUT2D eigenvalue weighted by Crippen LogP contribution is 2.53. The molecule has 11 N–H and O–H groups in total. The maximum Gasteiger partial charge on any atom is 0.410 e. The van der Waals surface area contributed by atoms with Crippen LogP contribution in [0.3, 0.4) is 0 Å². The summed E-state index contributed by atoms with van der Waals surface area (Å²) in [7, 11) is 8.02. The Balaban J connectivity index is 0.000000121. The molecule has 6 unspecified atom stereocenters. The highest BCUT2D eigenvalue weighted by Gasteiger charge is 2.62. The van der Waals surface area contributed by atoms with Gasteiger partial charge in [-0.3, -0.25) is 62.9 Å². The van der Waals surface area contributed by atoms with Crippen LogP contribution in [0.25, 0.3) is 26.6 Å². The van der Waals surface area contributed by atoms with Crippen molar-refractivity contribution in [3.8, 4) is 50.8 Å². The Morgan fingerprint density at radius 3 is 1.18 bits per heavy atom. The van der Waals surface area contributed by atoms with Crippen LogP contribution in [-0.4, -0.2) is 243 Å². The molecule has 0 saturated carbocycles. The number of hydrogen-bond donors (Lipinski definition) is 6. The van der Waals surface area contributed by atoms with Crippen molar-refractivity contribution in [1.82, 2.24) is 64.4 Å². The monoisotopic (exact) mass is 2050 g/mol. The molecule has 10 aliphatic rings. The first-order valence-corrected chi connectivity index (χ1v) is 50.2. The lowest BCUT2D eigenvalue weighted by Crippen LogP contribution is -2.54. The zero-order chi connectivity index (χ0) is 103. The zero-order valence-corrected chi connectivity index (χ0v) is 83.5. The van der Waals surface area contributed by atoms with Crippen LogP contribution < -0.4 is 34.0 Å². The number of aryl methyl sites for hydroxylation is 1. The van der Waals surface area contributed by atoms with E-state index < -0.39 is 63.3 Å². The highest BCUT2D eigenvalue weighted by molar-refractivity contribution is 7.16. The summed E-state index contributed by atoms with van der Waals surface area (Å²) in [6.07, 6.45) is -0.529. The Morgan fingerprint density at radius 1 is 0.411 bits per heavy atom. The number of carbonyl (C=O) groups excluding carboxylic acids is 9. The predicted octanol–water partition coefficient (Wildman–Crippen LogP) is 9.30. The van der Waals surface area contributed by atoms with Gasteiger partial charge in [0.2, 0.25) is 29.5 Å². The summed E-state index contributed by atoms with van der Waals surface area (Å²) in [5, 5.41) is 55.1. The summed E-state index contributed by atoms with van der Waals surface area (Å²) in [5.41, 5.74) is 32.3. The SMILES string of the molecule is CN1C(=O)C2CN(C(=O)c3cccc(F)c3)CC2(c2cccs2)N=C1N.CN1C(=O)C2CN(C(=O)c3ccccc3)CC2(c2cccs2)N=C1N.CN1C(=O)[C@@H]2CN(C(=O)OCc3ccccc3)C[C@]2(c2ccc(-c3cc(C#N)cc(C#N)c3)s2)N=C1N.CN1C(=O)[C@@H]2CNC[C@]2(c2ccc(-c3cc(C#N)cc(C#N)c3)s2)N=C1N.Cc1nn(-c2ccccc2)nc1C(=O)N1CC2C(=O)N(C)C(N)=NC2(c2cccs2)C1. The van der Waals surface area contributed by atoms with E-state index in [4.69, 9.17) is 53.4 Å². The summed E-state index contributed by atoms with van der Waals surface area (Å²) < 4.78 is 19.0. The number of aliphatic imine (C=N–C) groups is 5. The fourth-order valence-electron chi connectivity index (χ4n) is 19.9. The first-order valence-electron chi connectivity index (χ1n) is 45.9. The van der Waals surface area contributed by atoms with Gasteiger partial charge < -0.3 is 58.3 Å². The van der Waals surface area contributed by atoms with E-state index in [0.717, 1.165) is 51.0 Å². The molecule has 10 atom stereocenters. The molecule has 146 heavy (non-hydrogen) atoms. The van der Waals surface area contributed by atoms with E-state index in [2.05, 4.69) is 44.8 Å². The molecule has 0 bridgehead atoms. The Labute approximate surface area is 856 Å². The quantitative estimate of drug-likeness (QED) is 0.0625. The van der Waals surface area contributed by atoms with E-state index in [0.29, 0.717) is 65.3 Å². The number of amides is 9. The number of ether oxygens (including phenoxy) is 1. The van der Waals surface area contributed by atoms with Gasteiger partial charge in [0.1, 0.15) is 40.1 Å². The summed E-state index contributed by atoms with van der Waals surface area (Å²) in [5.74, 6) is -3.40. The number of likely N-dealkylation sites (tertiary alicyclic amines) is 4. The number of benzene rings is 6. The molecule has 6 aromatic carbocycles. The third-order valence-electron chi connectivity index (χ3n) is 27.6. The number of rotatable bonds is 13. The van der Waals surface area contributed by atoms with Gasteiger partial charge in [0.25, 0.3) is 17.7 Å². The van der Waals surface area contributed by atoms with Crippen molar-refractivity contribution >= 4 is 140 Å². The second-order valence-electron chi connectivity index (χ2n) is 36.3. The number of nitrogens with two attached hydrogens (primary N) is 5. The van der Waals surface area contributed by atoms with Gasteiger partial charge in [-0.2, -0.15) is 30.9 Å². The van der Waals surface area contributed by atoms with Crippen LogP contribution in [0.15, 0.2) is 253 Å². The largest absolute Gasteiger partial charge is 0.445 e. The van der Waals surface area contributed by atoms with Crippen LogP contribution in [0.1, 0.15) is 89.1 Å². The number of para-hydroxylation sites is 1. The maximum atomic E-state index is 13.5. The summed E-state index contributed by atoms with van der Waals surface area (Å²) >= 11 is 7.44. The molecule has 0 spiro atoms. The topological polar surface area (TPSA) is 522 Å². The third-order valence-corrected chi connectivity index (χ3v) is 33.4. The lowest BCUT2D eigenvalue weighted by molar-refractivity contribution is -0.133. The van der Waals surface area contributed by atoms with Gasteiger partial charge in [-0.05, 0) is 161 Å². The minimum absolute atomic E-state index is 0.0410. The second kappa shape index (κ2) is 40.2. The average Bonchev–Trinajstić information content (AvgIpc) is 1.60. The van der Waals surface area contributed by atoms with E-state index in [1.165, 1.54) is 104 Å². The fraction of sp³-hybridized carbons (Fsp3) is 0.262. The van der Waals surface area contributed by atoms with Crippen LogP contribution >= 0.6 is 56.7 Å². The Kier molecular flexibility index (Phi) is 27.3. The van der Waals surface area contributed by atoms with E-state index >= 15 is 0 Å². The molecular formula is C103H94FN27O10S5. The molecule has 6 aromatic heterocycles. The number of aromatic nitrogens is 3. The van der Waals surface area contributed by atoms with Crippen molar-refractivity contribution in [2.24, 2.45) is 83.2 Å². The van der Waals surface area contributed by atoms with Crippen LogP contribution in [0.4, 0.5) is 9.18 Å². The molecule has 0 aliphatic carbocycles. The number of fused-ring (bicyclic) bond motifs is 5. The van der Waals surface area contributed by atoms with E-state index in [9.17, 15) is 68.6 Å². The maximum absolute atomic E-state index is 13.5. The summed E-state index contributed by atoms with van der Waals surface area (Å²) in [6, 6.07) is 71.0. The van der Waals surface area contributed by atoms with Crippen LogP contribution in [0.5, 0.6) is 0 Å². The molecule has 9 amide bonds. The zero-order valence-electron chi connectivity index (χ0n) is 79.4. The van der Waals surface area contributed by atoms with Gasteiger partial charge in [-0.25, -0.2) is 34.1 Å². The summed E-state index contributed by atoms with van der Waals surface area (Å²) in [4.78, 5) is 161. The number of guanidine groups is 5. The lowest BCUT2D eigenvalue weighted by atomic mass is 9.84. The summed E-state index contributed by atoms with van der Waals surface area (Å²) in [6.45, 7) is 4.88. The van der Waals surface area contributed by atoms with Crippen molar-refractivity contribution in [3.63, 3.8) is 0 Å². The number of hydrogen-bond acceptors (Lipinski definition) is 32. The van der Waals surface area contributed by atoms with E-state index in [-0.39, 0.29) is 140 Å². The molecule has 12 aromatic rings. The Hall–Kier alpha value is -16.8. The first-order chi connectivity index (χ1) is 70.2. The molecule has 10 aliphatic heterocycles. The standard InChI is InChI=1S/C27H22N6O3S.C21H21N7O2S.C19H16N6OS.C18H17FN4O2S.C18H18N4O2S/c1-32-24(34)21-14-33(26(35)36-15-17-5-3-2-4-6-17)16-27(21,31-25(32)30)23-8-7-22(37-23)20-10-18(12-28)9-19(11-20)13-29;1-13-17(25-28(24-13)14-7-4-3-5-8-14)19(30)27-11-15-18(29)26(2)20(22)23-21(15,12-27)16-9-6-10-31-16;1-25-17(26)14-9-23-10-19(14,24-18(25)22)16-3-2-15(27-16)13-5-11(7-20)4-12(6-13)8-21;1-22-16(25)13-9-23(15(24)11-4-2-5-12(19)8-11)10-18(13,21-17(22)20)14-6-3-7-26-14;1-21-16(24)13-10-22(15(23)12-6-3-2-4-7-12)11-18(13,20-17(21)19)14-8-5-9-25-14/h2-11,21H,14-16H2,1H3,(H2,30,31);3-10,15H,11-12H2,1-2H3,(H2,22,23);2-6,14,23H,9-10H2,1H3,(H2,22,24);2-8,13H,9-10H2,1H3,(H2,20,21);2-9,13H,10-11H2,1H3,(H2,19,20)/t21-,27-;;14-,19-;;/m0.0../s1. The van der Waals surface area contributed by atoms with Gasteiger partial charge in [0.05, 0.1) is 114 Å². The number of nitrogens with zero attached hydrogens (tertiary/aromatic N) is 21. The molecule has 738 valence electrons. The van der Waals surface area contributed by atoms with E-state index in [1.54, 1.807) is 117 Å². The van der Waals surface area contributed by atoms with Crippen LogP contribution in [0, 0.1) is 87.7 Å². The second-order valence-corrected chi connectivity index (χ2v) is 41.3. The lowest BCUT2D eigenvalue weighted by Gasteiger charge is -2.37. The van der Waals surface area contributed by atoms with Gasteiger partial charge in [-0.15, -0.1) is 61.8 Å². The van der Waals surface area contributed by atoms with Crippen molar-refractivity contribution < 1.29 is 52.3 Å². The molecule has 5 fully saturated rings. The fourth-order valence-corrected chi connectivity index (χ4v) is 25.0. The highest BCUT2D eigenvalue weighted by atomic mass is 32.1. The van der Waals surface area contributed by atoms with Crippen molar-refractivity contribution in [3.05, 3.63) is 309 Å². The molecule has 16 heterocycles. The average molecular weight is 2050 g/mol. The molecular weight excluding hydrogens is 1950 g/mol. The number of nitrogens with one attached hydrogen (secondary N) is 1. The smallest absolute Gasteiger partial charge is 0.410 e. The minimum atomic E-state index is -1.06. The van der Waals surface area contributed by atoms with Crippen molar-refractivity contribution in [1.29, 1.82) is 21.0 Å². The van der Waals surface area contributed by atoms with Gasteiger partial charge in [0.15, 0.2) is 35.5 Å². The van der Waals surface area contributed by atoms with Crippen LogP contribution in [-0.2, 0) is 63.0 Å².